The van der Waals surface area contributed by atoms with Gasteiger partial charge in [0.15, 0.2) is 5.78 Å². The summed E-state index contributed by atoms with van der Waals surface area (Å²) in [5.41, 5.74) is 3.05. The van der Waals surface area contributed by atoms with Gasteiger partial charge in [0.25, 0.3) is 0 Å². The molecule has 0 fully saturated rings. The second-order valence-corrected chi connectivity index (χ2v) is 6.68. The monoisotopic (exact) mass is 370 g/mol. The molecule has 0 radical (unpaired) electrons. The van der Waals surface area contributed by atoms with E-state index in [4.69, 9.17) is 11.6 Å². The Hall–Kier alpha value is -2.66. The minimum atomic E-state index is -0.243. The molecule has 2 aromatic rings. The van der Waals surface area contributed by atoms with Gasteiger partial charge in [-0.05, 0) is 36.2 Å². The minimum absolute atomic E-state index is 0.0145. The van der Waals surface area contributed by atoms with Gasteiger partial charge >= 0.3 is 0 Å². The van der Waals surface area contributed by atoms with Gasteiger partial charge in [0.2, 0.25) is 11.8 Å². The third-order valence-electron chi connectivity index (χ3n) is 4.37. The largest absolute Gasteiger partial charge is 0.326 e. The standard InChI is InChI=1S/C20H19ClN2O3/c1-13(24)23-10-9-14-5-6-17(12-18(14)23)22-20(26)8-7-19(25)15-3-2-4-16(21)11-15/h2-6,11-12H,7-10H2,1H3,(H,22,26). The molecule has 0 aliphatic carbocycles. The predicted molar refractivity (Wildman–Crippen MR) is 102 cm³/mol. The first-order chi connectivity index (χ1) is 12.4. The lowest BCUT2D eigenvalue weighted by atomic mass is 10.1. The smallest absolute Gasteiger partial charge is 0.224 e. The molecule has 0 spiro atoms. The van der Waals surface area contributed by atoms with Crippen molar-refractivity contribution in [2.75, 3.05) is 16.8 Å². The maximum absolute atomic E-state index is 12.2. The number of ketones is 1. The fourth-order valence-corrected chi connectivity index (χ4v) is 3.23. The molecular formula is C20H19ClN2O3. The summed E-state index contributed by atoms with van der Waals surface area (Å²) in [6.45, 7) is 2.19. The van der Waals surface area contributed by atoms with E-state index in [-0.39, 0.29) is 30.4 Å². The summed E-state index contributed by atoms with van der Waals surface area (Å²) in [6, 6.07) is 12.2. The third kappa shape index (κ3) is 4.11. The molecule has 2 aromatic carbocycles. The van der Waals surface area contributed by atoms with Crippen molar-refractivity contribution in [3.05, 3.63) is 58.6 Å². The van der Waals surface area contributed by atoms with E-state index in [1.165, 1.54) is 6.92 Å². The molecule has 1 heterocycles. The number of halogens is 1. The predicted octanol–water partition coefficient (Wildman–Crippen LogP) is 3.85. The highest BCUT2D eigenvalue weighted by atomic mass is 35.5. The zero-order valence-corrected chi connectivity index (χ0v) is 15.2. The topological polar surface area (TPSA) is 66.5 Å². The summed E-state index contributed by atoms with van der Waals surface area (Å²) in [5, 5.41) is 3.29. The van der Waals surface area contributed by atoms with E-state index in [9.17, 15) is 14.4 Å². The molecule has 2 amide bonds. The quantitative estimate of drug-likeness (QED) is 0.813. The van der Waals surface area contributed by atoms with E-state index in [0.29, 0.717) is 22.8 Å². The fraction of sp³-hybridized carbons (Fsp3) is 0.250. The lowest BCUT2D eigenvalue weighted by Crippen LogP contribution is -2.25. The molecule has 134 valence electrons. The maximum atomic E-state index is 12.2. The van der Waals surface area contributed by atoms with Crippen LogP contribution in [-0.2, 0) is 16.0 Å². The minimum Gasteiger partial charge on any atom is -0.326 e. The Kier molecular flexibility index (Phi) is 5.38. The van der Waals surface area contributed by atoms with Gasteiger partial charge in [0, 0.05) is 48.3 Å². The van der Waals surface area contributed by atoms with E-state index in [1.54, 1.807) is 35.2 Å². The Balaban J connectivity index is 1.60. The van der Waals surface area contributed by atoms with Gasteiger partial charge in [-0.15, -0.1) is 0 Å². The number of nitrogens with zero attached hydrogens (tertiary/aromatic N) is 1. The highest BCUT2D eigenvalue weighted by Crippen LogP contribution is 2.31. The fourth-order valence-electron chi connectivity index (χ4n) is 3.04. The molecule has 5 nitrogen and oxygen atoms in total. The first kappa shape index (κ1) is 18.1. The highest BCUT2D eigenvalue weighted by molar-refractivity contribution is 6.31. The van der Waals surface area contributed by atoms with Crippen LogP contribution in [0.25, 0.3) is 0 Å². The third-order valence-corrected chi connectivity index (χ3v) is 4.61. The van der Waals surface area contributed by atoms with Crippen molar-refractivity contribution in [3.8, 4) is 0 Å². The first-order valence-electron chi connectivity index (χ1n) is 8.43. The number of hydrogen-bond acceptors (Lipinski definition) is 3. The van der Waals surface area contributed by atoms with Crippen molar-refractivity contribution in [2.24, 2.45) is 0 Å². The van der Waals surface area contributed by atoms with Gasteiger partial charge in [0.1, 0.15) is 0 Å². The van der Waals surface area contributed by atoms with Crippen LogP contribution in [0.5, 0.6) is 0 Å². The van der Waals surface area contributed by atoms with Gasteiger partial charge in [-0.3, -0.25) is 14.4 Å². The summed E-state index contributed by atoms with van der Waals surface area (Å²) in [7, 11) is 0. The van der Waals surface area contributed by atoms with Gasteiger partial charge in [-0.2, -0.15) is 0 Å². The summed E-state index contributed by atoms with van der Waals surface area (Å²) < 4.78 is 0. The van der Waals surface area contributed by atoms with E-state index in [1.807, 2.05) is 12.1 Å². The zero-order chi connectivity index (χ0) is 18.7. The van der Waals surface area contributed by atoms with Crippen molar-refractivity contribution in [1.82, 2.24) is 0 Å². The number of nitrogens with one attached hydrogen (secondary N) is 1. The van der Waals surface area contributed by atoms with E-state index < -0.39 is 0 Å². The number of Topliss-reactive ketones (excluding diaryl/α,β-unsaturated/α-hetero) is 1. The van der Waals surface area contributed by atoms with E-state index in [2.05, 4.69) is 5.32 Å². The summed E-state index contributed by atoms with van der Waals surface area (Å²) in [6.07, 6.45) is 1.01. The first-order valence-corrected chi connectivity index (χ1v) is 8.81. The number of benzene rings is 2. The molecule has 6 heteroatoms. The Labute approximate surface area is 156 Å². The van der Waals surface area contributed by atoms with Gasteiger partial charge in [0.05, 0.1) is 0 Å². The van der Waals surface area contributed by atoms with Crippen molar-refractivity contribution in [2.45, 2.75) is 26.2 Å². The lowest BCUT2D eigenvalue weighted by Gasteiger charge is -2.15. The van der Waals surface area contributed by atoms with Crippen LogP contribution in [0.4, 0.5) is 11.4 Å². The van der Waals surface area contributed by atoms with Crippen molar-refractivity contribution in [3.63, 3.8) is 0 Å². The lowest BCUT2D eigenvalue weighted by molar-refractivity contribution is -0.117. The van der Waals surface area contributed by atoms with Crippen LogP contribution in [0.2, 0.25) is 5.02 Å². The molecule has 0 aromatic heterocycles. The average Bonchev–Trinajstić information content (AvgIpc) is 3.03. The van der Waals surface area contributed by atoms with Crippen LogP contribution in [0.15, 0.2) is 42.5 Å². The molecule has 0 unspecified atom stereocenters. The van der Waals surface area contributed by atoms with Crippen LogP contribution < -0.4 is 10.2 Å². The number of amides is 2. The summed E-state index contributed by atoms with van der Waals surface area (Å²) >= 11 is 5.88. The van der Waals surface area contributed by atoms with Crippen LogP contribution >= 0.6 is 11.6 Å². The Morgan fingerprint density at radius 1 is 1.12 bits per heavy atom. The van der Waals surface area contributed by atoms with E-state index >= 15 is 0 Å². The normalized spacial score (nSPS) is 12.6. The van der Waals surface area contributed by atoms with Crippen molar-refractivity contribution < 1.29 is 14.4 Å². The molecular weight excluding hydrogens is 352 g/mol. The molecule has 1 N–H and O–H groups in total. The van der Waals surface area contributed by atoms with Crippen LogP contribution in [0.1, 0.15) is 35.7 Å². The second-order valence-electron chi connectivity index (χ2n) is 6.25. The molecule has 0 bridgehead atoms. The number of rotatable bonds is 5. The zero-order valence-electron chi connectivity index (χ0n) is 14.4. The SMILES string of the molecule is CC(=O)N1CCc2ccc(NC(=O)CCC(=O)c3cccc(Cl)c3)cc21. The number of fused-ring (bicyclic) bond motifs is 1. The van der Waals surface area contributed by atoms with Crippen LogP contribution in [0, 0.1) is 0 Å². The summed E-state index contributed by atoms with van der Waals surface area (Å²) in [5.74, 6) is -0.383. The molecule has 1 aliphatic heterocycles. The van der Waals surface area contributed by atoms with Gasteiger partial charge in [-0.25, -0.2) is 0 Å². The van der Waals surface area contributed by atoms with Gasteiger partial charge < -0.3 is 10.2 Å². The van der Waals surface area contributed by atoms with Crippen LogP contribution in [0.3, 0.4) is 0 Å². The second kappa shape index (κ2) is 7.70. The molecule has 26 heavy (non-hydrogen) atoms. The molecule has 0 saturated carbocycles. The summed E-state index contributed by atoms with van der Waals surface area (Å²) in [4.78, 5) is 37.7. The van der Waals surface area contributed by atoms with Crippen molar-refractivity contribution in [1.29, 1.82) is 0 Å². The average molecular weight is 371 g/mol. The number of carbonyl (C=O) groups excluding carboxylic acids is 3. The van der Waals surface area contributed by atoms with Gasteiger partial charge in [-0.1, -0.05) is 29.8 Å². The van der Waals surface area contributed by atoms with Crippen molar-refractivity contribution >= 4 is 40.6 Å². The number of hydrogen-bond donors (Lipinski definition) is 1. The number of anilines is 2. The Morgan fingerprint density at radius 3 is 2.65 bits per heavy atom. The molecule has 1 aliphatic rings. The Bertz CT molecular complexity index is 879. The van der Waals surface area contributed by atoms with E-state index in [0.717, 1.165) is 17.7 Å². The van der Waals surface area contributed by atoms with Crippen LogP contribution in [-0.4, -0.2) is 24.1 Å². The molecule has 0 atom stereocenters. The number of carbonyl (C=O) groups is 3. The Morgan fingerprint density at radius 2 is 1.92 bits per heavy atom. The highest BCUT2D eigenvalue weighted by Gasteiger charge is 2.22. The molecule has 3 rings (SSSR count). The molecule has 0 saturated heterocycles. The maximum Gasteiger partial charge on any atom is 0.224 e.